The van der Waals surface area contributed by atoms with E-state index in [4.69, 9.17) is 0 Å². The van der Waals surface area contributed by atoms with Gasteiger partial charge in [-0.2, -0.15) is 0 Å². The van der Waals surface area contributed by atoms with E-state index >= 15 is 0 Å². The SMILES string of the molecule is Cc1ccc(NC(=O)c2cnc(N3CCN(C)CC3)nc2)cc1C. The summed E-state index contributed by atoms with van der Waals surface area (Å²) in [5.74, 6) is 0.494. The first kappa shape index (κ1) is 16.4. The maximum Gasteiger partial charge on any atom is 0.258 e. The fourth-order valence-corrected chi connectivity index (χ4v) is 2.63. The number of nitrogens with zero attached hydrogens (tertiary/aromatic N) is 4. The summed E-state index contributed by atoms with van der Waals surface area (Å²) in [4.78, 5) is 25.5. The van der Waals surface area contributed by atoms with E-state index in [0.29, 0.717) is 11.5 Å². The predicted octanol–water partition coefficient (Wildman–Crippen LogP) is 2.10. The van der Waals surface area contributed by atoms with E-state index in [-0.39, 0.29) is 5.91 Å². The van der Waals surface area contributed by atoms with Gasteiger partial charge in [-0.15, -0.1) is 0 Å². The Kier molecular flexibility index (Phi) is 4.76. The highest BCUT2D eigenvalue weighted by Gasteiger charge is 2.17. The highest BCUT2D eigenvalue weighted by Crippen LogP contribution is 2.16. The Balaban J connectivity index is 1.66. The molecular weight excluding hydrogens is 302 g/mol. The Hall–Kier alpha value is -2.47. The van der Waals surface area contributed by atoms with Crippen LogP contribution in [0.5, 0.6) is 0 Å². The first-order valence-electron chi connectivity index (χ1n) is 8.17. The van der Waals surface area contributed by atoms with Crippen LogP contribution in [0.25, 0.3) is 0 Å². The van der Waals surface area contributed by atoms with Gasteiger partial charge in [0, 0.05) is 44.3 Å². The number of carbonyl (C=O) groups is 1. The lowest BCUT2D eigenvalue weighted by molar-refractivity contribution is 0.102. The molecule has 126 valence electrons. The van der Waals surface area contributed by atoms with Gasteiger partial charge < -0.3 is 15.1 Å². The molecule has 0 atom stereocenters. The van der Waals surface area contributed by atoms with Crippen LogP contribution in [0.4, 0.5) is 11.6 Å². The molecule has 6 nitrogen and oxygen atoms in total. The molecule has 3 rings (SSSR count). The Bertz CT molecular complexity index is 721. The Morgan fingerprint density at radius 1 is 1.04 bits per heavy atom. The van der Waals surface area contributed by atoms with Crippen molar-refractivity contribution in [2.24, 2.45) is 0 Å². The quantitative estimate of drug-likeness (QED) is 0.936. The van der Waals surface area contributed by atoms with Gasteiger partial charge in [-0.3, -0.25) is 4.79 Å². The van der Waals surface area contributed by atoms with Crippen LogP contribution >= 0.6 is 0 Å². The number of rotatable bonds is 3. The second kappa shape index (κ2) is 6.97. The molecule has 0 unspecified atom stereocenters. The summed E-state index contributed by atoms with van der Waals surface area (Å²) in [5.41, 5.74) is 3.60. The standard InChI is InChI=1S/C18H23N5O/c1-13-4-5-16(10-14(13)2)21-17(24)15-11-19-18(20-12-15)23-8-6-22(3)7-9-23/h4-5,10-12H,6-9H2,1-3H3,(H,21,24). The maximum absolute atomic E-state index is 12.3. The highest BCUT2D eigenvalue weighted by molar-refractivity contribution is 6.03. The molecular formula is C18H23N5O. The number of nitrogens with one attached hydrogen (secondary N) is 1. The number of benzene rings is 1. The fourth-order valence-electron chi connectivity index (χ4n) is 2.63. The second-order valence-electron chi connectivity index (χ2n) is 6.32. The topological polar surface area (TPSA) is 61.4 Å². The van der Waals surface area contributed by atoms with E-state index in [1.54, 1.807) is 12.4 Å². The molecule has 0 saturated carbocycles. The third-order valence-electron chi connectivity index (χ3n) is 4.45. The van der Waals surface area contributed by atoms with Crippen molar-refractivity contribution in [3.05, 3.63) is 47.3 Å². The highest BCUT2D eigenvalue weighted by atomic mass is 16.1. The minimum Gasteiger partial charge on any atom is -0.338 e. The lowest BCUT2D eigenvalue weighted by atomic mass is 10.1. The molecule has 0 aliphatic carbocycles. The normalized spacial score (nSPS) is 15.4. The molecule has 1 aliphatic rings. The summed E-state index contributed by atoms with van der Waals surface area (Å²) in [6.07, 6.45) is 3.19. The van der Waals surface area contributed by atoms with Gasteiger partial charge in [0.1, 0.15) is 0 Å². The Morgan fingerprint density at radius 2 is 1.71 bits per heavy atom. The van der Waals surface area contributed by atoms with E-state index in [0.717, 1.165) is 37.4 Å². The molecule has 1 fully saturated rings. The van der Waals surface area contributed by atoms with Gasteiger partial charge in [0.25, 0.3) is 5.91 Å². The molecule has 24 heavy (non-hydrogen) atoms. The molecule has 0 radical (unpaired) electrons. The van der Waals surface area contributed by atoms with Gasteiger partial charge in [0.05, 0.1) is 5.56 Å². The number of hydrogen-bond donors (Lipinski definition) is 1. The van der Waals surface area contributed by atoms with Crippen molar-refractivity contribution in [1.82, 2.24) is 14.9 Å². The van der Waals surface area contributed by atoms with Crippen LogP contribution in [0.3, 0.4) is 0 Å². The van der Waals surface area contributed by atoms with Crippen molar-refractivity contribution in [2.75, 3.05) is 43.4 Å². The second-order valence-corrected chi connectivity index (χ2v) is 6.32. The number of carbonyl (C=O) groups excluding carboxylic acids is 1. The van der Waals surface area contributed by atoms with Gasteiger partial charge in [-0.25, -0.2) is 9.97 Å². The Labute approximate surface area is 142 Å². The minimum absolute atomic E-state index is 0.191. The number of anilines is 2. The molecule has 1 aromatic heterocycles. The molecule has 0 bridgehead atoms. The zero-order valence-electron chi connectivity index (χ0n) is 14.4. The lowest BCUT2D eigenvalue weighted by Crippen LogP contribution is -2.45. The molecule has 1 aliphatic heterocycles. The van der Waals surface area contributed by atoms with Crippen molar-refractivity contribution in [3.8, 4) is 0 Å². The van der Waals surface area contributed by atoms with E-state index < -0.39 is 0 Å². The zero-order valence-corrected chi connectivity index (χ0v) is 14.4. The number of aryl methyl sites for hydroxylation is 2. The van der Waals surface area contributed by atoms with Crippen LogP contribution in [-0.4, -0.2) is 54.0 Å². The van der Waals surface area contributed by atoms with Crippen molar-refractivity contribution in [2.45, 2.75) is 13.8 Å². The largest absolute Gasteiger partial charge is 0.338 e. The van der Waals surface area contributed by atoms with Gasteiger partial charge in [0.15, 0.2) is 0 Å². The summed E-state index contributed by atoms with van der Waals surface area (Å²) in [5, 5.41) is 2.89. The monoisotopic (exact) mass is 325 g/mol. The molecule has 1 saturated heterocycles. The third-order valence-corrected chi connectivity index (χ3v) is 4.45. The van der Waals surface area contributed by atoms with Crippen molar-refractivity contribution in [1.29, 1.82) is 0 Å². The lowest BCUT2D eigenvalue weighted by Gasteiger charge is -2.32. The van der Waals surface area contributed by atoms with Crippen LogP contribution in [0.2, 0.25) is 0 Å². The molecule has 6 heteroatoms. The van der Waals surface area contributed by atoms with Gasteiger partial charge >= 0.3 is 0 Å². The number of amides is 1. The summed E-state index contributed by atoms with van der Waals surface area (Å²) in [6.45, 7) is 7.89. The average Bonchev–Trinajstić information content (AvgIpc) is 2.59. The van der Waals surface area contributed by atoms with E-state index in [9.17, 15) is 4.79 Å². The van der Waals surface area contributed by atoms with E-state index in [2.05, 4.69) is 32.1 Å². The number of aromatic nitrogens is 2. The fraction of sp³-hybridized carbons (Fsp3) is 0.389. The summed E-state index contributed by atoms with van der Waals surface area (Å²) in [6, 6.07) is 5.87. The molecule has 2 heterocycles. The Morgan fingerprint density at radius 3 is 2.33 bits per heavy atom. The van der Waals surface area contributed by atoms with Gasteiger partial charge in [0.2, 0.25) is 5.95 Å². The van der Waals surface area contributed by atoms with Gasteiger partial charge in [-0.05, 0) is 44.2 Å². The average molecular weight is 325 g/mol. The summed E-state index contributed by atoms with van der Waals surface area (Å²) < 4.78 is 0. The van der Waals surface area contributed by atoms with Gasteiger partial charge in [-0.1, -0.05) is 6.07 Å². The molecule has 1 amide bonds. The van der Waals surface area contributed by atoms with Crippen molar-refractivity contribution in [3.63, 3.8) is 0 Å². The smallest absolute Gasteiger partial charge is 0.258 e. The first-order valence-corrected chi connectivity index (χ1v) is 8.17. The number of hydrogen-bond acceptors (Lipinski definition) is 5. The van der Waals surface area contributed by atoms with Crippen LogP contribution < -0.4 is 10.2 Å². The van der Waals surface area contributed by atoms with Crippen molar-refractivity contribution >= 4 is 17.5 Å². The van der Waals surface area contributed by atoms with Crippen LogP contribution in [0.15, 0.2) is 30.6 Å². The summed E-state index contributed by atoms with van der Waals surface area (Å²) >= 11 is 0. The summed E-state index contributed by atoms with van der Waals surface area (Å²) in [7, 11) is 2.11. The van der Waals surface area contributed by atoms with Crippen LogP contribution in [0, 0.1) is 13.8 Å². The number of piperazine rings is 1. The molecule has 1 aromatic carbocycles. The molecule has 1 N–H and O–H groups in total. The zero-order chi connectivity index (χ0) is 17.1. The van der Waals surface area contributed by atoms with Crippen molar-refractivity contribution < 1.29 is 4.79 Å². The third kappa shape index (κ3) is 3.71. The first-order chi connectivity index (χ1) is 11.5. The molecule has 0 spiro atoms. The van der Waals surface area contributed by atoms with E-state index in [1.165, 1.54) is 5.56 Å². The number of likely N-dealkylation sites (N-methyl/N-ethyl adjacent to an activating group) is 1. The molecule has 2 aromatic rings. The minimum atomic E-state index is -0.191. The predicted molar refractivity (Wildman–Crippen MR) is 95.6 cm³/mol. The maximum atomic E-state index is 12.3. The van der Waals surface area contributed by atoms with Crippen LogP contribution in [0.1, 0.15) is 21.5 Å². The van der Waals surface area contributed by atoms with Crippen LogP contribution in [-0.2, 0) is 0 Å². The van der Waals surface area contributed by atoms with E-state index in [1.807, 2.05) is 32.0 Å².